The summed E-state index contributed by atoms with van der Waals surface area (Å²) < 4.78 is 39.3. The average molecular weight is 397 g/mol. The molecule has 1 saturated heterocycles. The van der Waals surface area contributed by atoms with Gasteiger partial charge >= 0.3 is 6.18 Å². The van der Waals surface area contributed by atoms with Crippen LogP contribution in [0.15, 0.2) is 48.5 Å². The van der Waals surface area contributed by atoms with Crippen molar-refractivity contribution in [2.24, 2.45) is 0 Å². The lowest BCUT2D eigenvalue weighted by Crippen LogP contribution is -2.42. The molecule has 0 bridgehead atoms. The van der Waals surface area contributed by atoms with E-state index >= 15 is 0 Å². The quantitative estimate of drug-likeness (QED) is 0.758. The number of halogens is 4. The van der Waals surface area contributed by atoms with E-state index in [1.807, 2.05) is 0 Å². The van der Waals surface area contributed by atoms with E-state index in [4.69, 9.17) is 11.6 Å². The summed E-state index contributed by atoms with van der Waals surface area (Å²) in [5.74, 6) is -0.710. The third-order valence-corrected chi connectivity index (χ3v) is 4.65. The van der Waals surface area contributed by atoms with Gasteiger partial charge in [-0.1, -0.05) is 29.8 Å². The predicted molar refractivity (Wildman–Crippen MR) is 95.5 cm³/mol. The highest BCUT2D eigenvalue weighted by atomic mass is 35.5. The van der Waals surface area contributed by atoms with Gasteiger partial charge < -0.3 is 4.90 Å². The monoisotopic (exact) mass is 396 g/mol. The minimum atomic E-state index is -4.54. The summed E-state index contributed by atoms with van der Waals surface area (Å²) in [6.07, 6.45) is -3.54. The SMILES string of the molecule is O=C1CCCN1CN(C(=O)c1ccccc1Cl)c1cccc(C(F)(F)F)c1. The van der Waals surface area contributed by atoms with Gasteiger partial charge in [0, 0.05) is 18.7 Å². The Morgan fingerprint density at radius 2 is 1.89 bits per heavy atom. The highest BCUT2D eigenvalue weighted by molar-refractivity contribution is 6.34. The lowest BCUT2D eigenvalue weighted by atomic mass is 10.1. The summed E-state index contributed by atoms with van der Waals surface area (Å²) in [4.78, 5) is 27.6. The van der Waals surface area contributed by atoms with Gasteiger partial charge in [0.15, 0.2) is 0 Å². The fraction of sp³-hybridized carbons (Fsp3) is 0.263. The number of hydrogen-bond acceptors (Lipinski definition) is 2. The number of benzene rings is 2. The second-order valence-electron chi connectivity index (χ2n) is 6.16. The van der Waals surface area contributed by atoms with Gasteiger partial charge in [-0.2, -0.15) is 13.2 Å². The second-order valence-corrected chi connectivity index (χ2v) is 6.57. The lowest BCUT2D eigenvalue weighted by Gasteiger charge is -2.29. The van der Waals surface area contributed by atoms with E-state index in [1.54, 1.807) is 12.1 Å². The Labute approximate surface area is 159 Å². The molecule has 1 heterocycles. The molecule has 1 aliphatic heterocycles. The van der Waals surface area contributed by atoms with Crippen LogP contribution in [0.5, 0.6) is 0 Å². The van der Waals surface area contributed by atoms with Crippen LogP contribution in [-0.2, 0) is 11.0 Å². The summed E-state index contributed by atoms with van der Waals surface area (Å²) in [6, 6.07) is 10.8. The number of carbonyl (C=O) groups is 2. The minimum absolute atomic E-state index is 0.0504. The summed E-state index contributed by atoms with van der Waals surface area (Å²) in [5.41, 5.74) is -0.664. The molecule has 0 saturated carbocycles. The van der Waals surface area contributed by atoms with Crippen LogP contribution in [0.25, 0.3) is 0 Å². The van der Waals surface area contributed by atoms with Crippen LogP contribution in [0.1, 0.15) is 28.8 Å². The number of anilines is 1. The van der Waals surface area contributed by atoms with Crippen molar-refractivity contribution in [3.05, 3.63) is 64.7 Å². The van der Waals surface area contributed by atoms with Crippen LogP contribution in [-0.4, -0.2) is 29.9 Å². The van der Waals surface area contributed by atoms with E-state index in [0.717, 1.165) is 17.0 Å². The van der Waals surface area contributed by atoms with E-state index in [-0.39, 0.29) is 28.8 Å². The molecule has 0 unspecified atom stereocenters. The molecule has 4 nitrogen and oxygen atoms in total. The summed E-state index contributed by atoms with van der Waals surface area (Å²) >= 11 is 6.09. The molecule has 27 heavy (non-hydrogen) atoms. The van der Waals surface area contributed by atoms with Gasteiger partial charge in [-0.05, 0) is 36.8 Å². The standard InChI is InChI=1S/C19H16ClF3N2O2/c20-16-8-2-1-7-15(16)18(27)25(12-24-10-4-9-17(24)26)14-6-3-5-13(11-14)19(21,22)23/h1-3,5-8,11H,4,9-10,12H2. The van der Waals surface area contributed by atoms with Gasteiger partial charge in [0.2, 0.25) is 5.91 Å². The van der Waals surface area contributed by atoms with Crippen molar-refractivity contribution >= 4 is 29.1 Å². The Kier molecular flexibility index (Phi) is 5.41. The van der Waals surface area contributed by atoms with E-state index < -0.39 is 17.6 Å². The summed E-state index contributed by atoms with van der Waals surface area (Å²) in [6.45, 7) is 0.314. The topological polar surface area (TPSA) is 40.6 Å². The third-order valence-electron chi connectivity index (χ3n) is 4.32. The molecule has 142 valence electrons. The molecule has 3 rings (SSSR count). The number of rotatable bonds is 4. The van der Waals surface area contributed by atoms with Gasteiger partial charge in [-0.15, -0.1) is 0 Å². The first-order valence-corrected chi connectivity index (χ1v) is 8.66. The largest absolute Gasteiger partial charge is 0.416 e. The Hall–Kier alpha value is -2.54. The normalized spacial score (nSPS) is 14.5. The number of carbonyl (C=O) groups excluding carboxylic acids is 2. The van der Waals surface area contributed by atoms with Crippen molar-refractivity contribution in [3.63, 3.8) is 0 Å². The molecule has 1 aliphatic rings. The van der Waals surface area contributed by atoms with Crippen molar-refractivity contribution in [2.45, 2.75) is 19.0 Å². The summed E-state index contributed by atoms with van der Waals surface area (Å²) in [5, 5.41) is 0.187. The molecule has 2 aromatic rings. The van der Waals surface area contributed by atoms with Gasteiger partial charge in [-0.25, -0.2) is 0 Å². The zero-order valence-electron chi connectivity index (χ0n) is 14.2. The lowest BCUT2D eigenvalue weighted by molar-refractivity contribution is -0.137. The first-order valence-electron chi connectivity index (χ1n) is 8.29. The van der Waals surface area contributed by atoms with Crippen molar-refractivity contribution in [1.29, 1.82) is 0 Å². The molecule has 0 aromatic heterocycles. The number of amides is 2. The van der Waals surface area contributed by atoms with E-state index in [0.29, 0.717) is 19.4 Å². The highest BCUT2D eigenvalue weighted by Gasteiger charge is 2.32. The predicted octanol–water partition coefficient (Wildman–Crippen LogP) is 4.59. The maximum atomic E-state index is 13.1. The van der Waals surface area contributed by atoms with Crippen LogP contribution in [0.4, 0.5) is 18.9 Å². The third kappa shape index (κ3) is 4.24. The van der Waals surface area contributed by atoms with Crippen molar-refractivity contribution in [3.8, 4) is 0 Å². The van der Waals surface area contributed by atoms with Crippen LogP contribution in [0, 0.1) is 0 Å². The van der Waals surface area contributed by atoms with E-state index in [2.05, 4.69) is 0 Å². The zero-order valence-corrected chi connectivity index (χ0v) is 14.9. The first kappa shape index (κ1) is 19.2. The zero-order chi connectivity index (χ0) is 19.6. The number of nitrogens with zero attached hydrogens (tertiary/aromatic N) is 2. The first-order chi connectivity index (χ1) is 12.8. The van der Waals surface area contributed by atoms with Crippen molar-refractivity contribution < 1.29 is 22.8 Å². The molecule has 0 N–H and O–H groups in total. The molecule has 2 aromatic carbocycles. The number of alkyl halides is 3. The fourth-order valence-electron chi connectivity index (χ4n) is 2.92. The molecular weight excluding hydrogens is 381 g/mol. The fourth-order valence-corrected chi connectivity index (χ4v) is 3.13. The molecule has 0 radical (unpaired) electrons. The van der Waals surface area contributed by atoms with E-state index in [1.165, 1.54) is 29.2 Å². The maximum Gasteiger partial charge on any atom is 0.416 e. The average Bonchev–Trinajstić information content (AvgIpc) is 3.04. The van der Waals surface area contributed by atoms with Crippen LogP contribution in [0.2, 0.25) is 5.02 Å². The molecule has 0 aliphatic carbocycles. The molecule has 8 heteroatoms. The molecule has 0 atom stereocenters. The Balaban J connectivity index is 2.01. The molecule has 0 spiro atoms. The van der Waals surface area contributed by atoms with Gasteiger partial charge in [-0.3, -0.25) is 14.5 Å². The van der Waals surface area contributed by atoms with E-state index in [9.17, 15) is 22.8 Å². The number of likely N-dealkylation sites (tertiary alicyclic amines) is 1. The minimum Gasteiger partial charge on any atom is -0.324 e. The van der Waals surface area contributed by atoms with Gasteiger partial charge in [0.05, 0.1) is 16.1 Å². The Bertz CT molecular complexity index is 870. The summed E-state index contributed by atoms with van der Waals surface area (Å²) in [7, 11) is 0. The molecule has 1 fully saturated rings. The smallest absolute Gasteiger partial charge is 0.324 e. The number of hydrogen-bond donors (Lipinski definition) is 0. The van der Waals surface area contributed by atoms with Crippen LogP contribution >= 0.6 is 11.6 Å². The Morgan fingerprint density at radius 3 is 2.52 bits per heavy atom. The second kappa shape index (κ2) is 7.60. The molecular formula is C19H16ClF3N2O2. The maximum absolute atomic E-state index is 13.1. The van der Waals surface area contributed by atoms with Gasteiger partial charge in [0.25, 0.3) is 5.91 Å². The van der Waals surface area contributed by atoms with Crippen LogP contribution in [0.3, 0.4) is 0 Å². The van der Waals surface area contributed by atoms with Crippen LogP contribution < -0.4 is 4.90 Å². The van der Waals surface area contributed by atoms with Gasteiger partial charge in [0.1, 0.15) is 6.67 Å². The van der Waals surface area contributed by atoms with Crippen molar-refractivity contribution in [1.82, 2.24) is 4.90 Å². The molecule has 2 amide bonds. The van der Waals surface area contributed by atoms with Crippen molar-refractivity contribution in [2.75, 3.05) is 18.1 Å². The highest BCUT2D eigenvalue weighted by Crippen LogP contribution is 2.32. The Morgan fingerprint density at radius 1 is 1.15 bits per heavy atom.